The van der Waals surface area contributed by atoms with Crippen LogP contribution in [0.1, 0.15) is 46.8 Å². The van der Waals surface area contributed by atoms with Gasteiger partial charge in [-0.15, -0.1) is 0 Å². The van der Waals surface area contributed by atoms with Crippen LogP contribution in [0.5, 0.6) is 5.75 Å². The highest BCUT2D eigenvalue weighted by molar-refractivity contribution is 5.94. The van der Waals surface area contributed by atoms with Crippen LogP contribution in [-0.2, 0) is 17.9 Å². The van der Waals surface area contributed by atoms with Gasteiger partial charge < -0.3 is 15.4 Å². The minimum absolute atomic E-state index is 0.00762. The van der Waals surface area contributed by atoms with Gasteiger partial charge in [0.1, 0.15) is 12.4 Å². The van der Waals surface area contributed by atoms with Gasteiger partial charge in [0.15, 0.2) is 0 Å². The maximum absolute atomic E-state index is 12.6. The van der Waals surface area contributed by atoms with Crippen LogP contribution in [0.2, 0.25) is 0 Å². The van der Waals surface area contributed by atoms with Crippen molar-refractivity contribution in [3.05, 3.63) is 95.1 Å². The molecule has 0 atom stereocenters. The van der Waals surface area contributed by atoms with E-state index in [-0.39, 0.29) is 18.4 Å². The minimum atomic E-state index is -0.215. The van der Waals surface area contributed by atoms with E-state index in [1.807, 2.05) is 49.4 Å². The first-order valence-electron chi connectivity index (χ1n) is 10.5. The Bertz CT molecular complexity index is 1120. The van der Waals surface area contributed by atoms with E-state index in [1.54, 1.807) is 30.3 Å². The van der Waals surface area contributed by atoms with Gasteiger partial charge >= 0.3 is 0 Å². The third-order valence-electron chi connectivity index (χ3n) is 4.80. The number of carbonyl (C=O) groups is 2. The molecule has 0 aliphatic carbocycles. The lowest BCUT2D eigenvalue weighted by molar-refractivity contribution is -0.116. The molecule has 32 heavy (non-hydrogen) atoms. The second-order valence-corrected chi connectivity index (χ2v) is 7.26. The summed E-state index contributed by atoms with van der Waals surface area (Å²) in [6.07, 6.45) is 1.29. The Morgan fingerprint density at radius 1 is 1.00 bits per heavy atom. The van der Waals surface area contributed by atoms with Gasteiger partial charge in [0.05, 0.1) is 11.6 Å². The van der Waals surface area contributed by atoms with E-state index >= 15 is 0 Å². The molecule has 0 fully saturated rings. The third-order valence-corrected chi connectivity index (χ3v) is 4.80. The SMILES string of the molecule is CCCC(=O)Nc1ccc(CNC(=O)c2cccc(OCc3ccccc3C#N)c2)cc1. The molecule has 0 bridgehead atoms. The maximum Gasteiger partial charge on any atom is 0.251 e. The van der Waals surface area contributed by atoms with Crippen LogP contribution in [0.25, 0.3) is 0 Å². The number of hydrogen-bond acceptors (Lipinski definition) is 4. The number of anilines is 1. The molecule has 6 heteroatoms. The van der Waals surface area contributed by atoms with Gasteiger partial charge in [-0.3, -0.25) is 9.59 Å². The largest absolute Gasteiger partial charge is 0.489 e. The van der Waals surface area contributed by atoms with Crippen molar-refractivity contribution in [1.82, 2.24) is 5.32 Å². The molecule has 0 aliphatic rings. The quantitative estimate of drug-likeness (QED) is 0.513. The number of benzene rings is 3. The van der Waals surface area contributed by atoms with Crippen LogP contribution in [0.3, 0.4) is 0 Å². The highest BCUT2D eigenvalue weighted by atomic mass is 16.5. The highest BCUT2D eigenvalue weighted by Gasteiger charge is 2.08. The fourth-order valence-corrected chi connectivity index (χ4v) is 3.08. The van der Waals surface area contributed by atoms with Crippen LogP contribution in [-0.4, -0.2) is 11.8 Å². The molecule has 0 unspecified atom stereocenters. The Kier molecular flexibility index (Phi) is 7.99. The van der Waals surface area contributed by atoms with Gasteiger partial charge in [-0.05, 0) is 48.4 Å². The van der Waals surface area contributed by atoms with Crippen molar-refractivity contribution in [2.24, 2.45) is 0 Å². The molecule has 3 aromatic carbocycles. The summed E-state index contributed by atoms with van der Waals surface area (Å²) in [7, 11) is 0. The second kappa shape index (κ2) is 11.3. The van der Waals surface area contributed by atoms with Crippen molar-refractivity contribution in [2.75, 3.05) is 5.32 Å². The number of nitrogens with one attached hydrogen (secondary N) is 2. The van der Waals surface area contributed by atoms with Gasteiger partial charge in [-0.2, -0.15) is 5.26 Å². The van der Waals surface area contributed by atoms with Gasteiger partial charge in [-0.25, -0.2) is 0 Å². The average molecular weight is 428 g/mol. The van der Waals surface area contributed by atoms with E-state index in [4.69, 9.17) is 4.74 Å². The van der Waals surface area contributed by atoms with Gasteiger partial charge in [0.25, 0.3) is 5.91 Å². The fraction of sp³-hybridized carbons (Fsp3) is 0.192. The lowest BCUT2D eigenvalue weighted by Gasteiger charge is -2.10. The standard InChI is InChI=1S/C26H25N3O3/c1-2-6-25(30)29-23-13-11-19(12-14-23)17-28-26(31)20-9-5-10-24(15-20)32-18-22-8-4-3-7-21(22)16-27/h3-5,7-15H,2,6,17-18H2,1H3,(H,28,31)(H,29,30). The van der Waals surface area contributed by atoms with Crippen LogP contribution in [0.15, 0.2) is 72.8 Å². The van der Waals surface area contributed by atoms with E-state index < -0.39 is 0 Å². The normalized spacial score (nSPS) is 10.1. The molecule has 6 nitrogen and oxygen atoms in total. The first-order chi connectivity index (χ1) is 15.6. The van der Waals surface area contributed by atoms with E-state index in [1.165, 1.54) is 0 Å². The Balaban J connectivity index is 1.54. The smallest absolute Gasteiger partial charge is 0.251 e. The van der Waals surface area contributed by atoms with E-state index in [9.17, 15) is 14.9 Å². The van der Waals surface area contributed by atoms with Crippen molar-refractivity contribution < 1.29 is 14.3 Å². The highest BCUT2D eigenvalue weighted by Crippen LogP contribution is 2.17. The van der Waals surface area contributed by atoms with Crippen LogP contribution in [0.4, 0.5) is 5.69 Å². The molecule has 0 radical (unpaired) electrons. The number of carbonyl (C=O) groups excluding carboxylic acids is 2. The predicted molar refractivity (Wildman–Crippen MR) is 123 cm³/mol. The first kappa shape index (κ1) is 22.6. The number of hydrogen-bond donors (Lipinski definition) is 2. The summed E-state index contributed by atoms with van der Waals surface area (Å²) in [5, 5.41) is 14.9. The van der Waals surface area contributed by atoms with Crippen LogP contribution in [0, 0.1) is 11.3 Å². The lowest BCUT2D eigenvalue weighted by Crippen LogP contribution is -2.22. The average Bonchev–Trinajstić information content (AvgIpc) is 2.82. The maximum atomic E-state index is 12.6. The molecule has 0 aromatic heterocycles. The van der Waals surface area contributed by atoms with E-state index in [2.05, 4.69) is 16.7 Å². The van der Waals surface area contributed by atoms with E-state index in [0.717, 1.165) is 23.2 Å². The molecule has 0 aliphatic heterocycles. The molecule has 0 heterocycles. The summed E-state index contributed by atoms with van der Waals surface area (Å²) in [5.74, 6) is 0.331. The summed E-state index contributed by atoms with van der Waals surface area (Å²) < 4.78 is 5.78. The summed E-state index contributed by atoms with van der Waals surface area (Å²) in [4.78, 5) is 24.2. The van der Waals surface area contributed by atoms with Crippen molar-refractivity contribution >= 4 is 17.5 Å². The Morgan fingerprint density at radius 3 is 2.53 bits per heavy atom. The number of ether oxygens (including phenoxy) is 1. The monoisotopic (exact) mass is 427 g/mol. The van der Waals surface area contributed by atoms with Crippen molar-refractivity contribution in [1.29, 1.82) is 5.26 Å². The zero-order chi connectivity index (χ0) is 22.8. The van der Waals surface area contributed by atoms with E-state index in [0.29, 0.717) is 29.8 Å². The number of nitrogens with zero attached hydrogens (tertiary/aromatic N) is 1. The molecule has 162 valence electrons. The van der Waals surface area contributed by atoms with Crippen molar-refractivity contribution in [2.45, 2.75) is 32.9 Å². The molecule has 3 aromatic rings. The third kappa shape index (κ3) is 6.44. The molecule has 0 spiro atoms. The zero-order valence-corrected chi connectivity index (χ0v) is 17.9. The van der Waals surface area contributed by atoms with Gasteiger partial charge in [0.2, 0.25) is 5.91 Å². The topological polar surface area (TPSA) is 91.2 Å². The minimum Gasteiger partial charge on any atom is -0.489 e. The summed E-state index contributed by atoms with van der Waals surface area (Å²) in [6, 6.07) is 23.7. The molecule has 3 rings (SSSR count). The van der Waals surface area contributed by atoms with Gasteiger partial charge in [-0.1, -0.05) is 43.3 Å². The first-order valence-corrected chi connectivity index (χ1v) is 10.5. The van der Waals surface area contributed by atoms with Crippen molar-refractivity contribution in [3.63, 3.8) is 0 Å². The Labute approximate surface area is 187 Å². The van der Waals surface area contributed by atoms with Crippen LogP contribution < -0.4 is 15.4 Å². The zero-order valence-electron chi connectivity index (χ0n) is 17.9. The second-order valence-electron chi connectivity index (χ2n) is 7.26. The fourth-order valence-electron chi connectivity index (χ4n) is 3.08. The molecule has 2 N–H and O–H groups in total. The van der Waals surface area contributed by atoms with Crippen LogP contribution >= 0.6 is 0 Å². The predicted octanol–water partition coefficient (Wildman–Crippen LogP) is 4.81. The molecular weight excluding hydrogens is 402 g/mol. The molecule has 2 amide bonds. The summed E-state index contributed by atoms with van der Waals surface area (Å²) in [5.41, 5.74) is 3.50. The molecule has 0 saturated carbocycles. The van der Waals surface area contributed by atoms with Gasteiger partial charge in [0, 0.05) is 29.8 Å². The summed E-state index contributed by atoms with van der Waals surface area (Å²) >= 11 is 0. The number of amides is 2. The van der Waals surface area contributed by atoms with Crippen molar-refractivity contribution in [3.8, 4) is 11.8 Å². The Hall–Kier alpha value is -4.11. The summed E-state index contributed by atoms with van der Waals surface area (Å²) in [6.45, 7) is 2.57. The Morgan fingerprint density at radius 2 is 1.78 bits per heavy atom. The molecule has 0 saturated heterocycles. The molecular formula is C26H25N3O3. The number of nitriles is 1. The number of rotatable bonds is 9. The lowest BCUT2D eigenvalue weighted by atomic mass is 10.1.